The first kappa shape index (κ1) is 13.6. The minimum atomic E-state index is 0.772. The second-order valence-corrected chi connectivity index (χ2v) is 7.49. The highest BCUT2D eigenvalue weighted by molar-refractivity contribution is 5.40. The summed E-state index contributed by atoms with van der Waals surface area (Å²) in [5.74, 6) is 4.09. The molecule has 1 N–H and O–H groups in total. The zero-order chi connectivity index (χ0) is 14.2. The summed E-state index contributed by atoms with van der Waals surface area (Å²) in [7, 11) is 2.21. The van der Waals surface area contributed by atoms with Gasteiger partial charge in [-0.25, -0.2) is 4.98 Å². The minimum Gasteiger partial charge on any atom is -0.359 e. The summed E-state index contributed by atoms with van der Waals surface area (Å²) >= 11 is 0. The molecule has 3 heteroatoms. The van der Waals surface area contributed by atoms with Crippen molar-refractivity contribution in [1.29, 1.82) is 0 Å². The van der Waals surface area contributed by atoms with Crippen LogP contribution in [-0.2, 0) is 6.54 Å². The Morgan fingerprint density at radius 2 is 2.14 bits per heavy atom. The molecule has 1 aromatic heterocycles. The van der Waals surface area contributed by atoms with E-state index >= 15 is 0 Å². The first-order valence-corrected chi connectivity index (χ1v) is 8.67. The van der Waals surface area contributed by atoms with E-state index in [0.29, 0.717) is 0 Å². The molecule has 3 fully saturated rings. The Bertz CT molecular complexity index is 497. The molecule has 0 spiro atoms. The average Bonchev–Trinajstić information content (AvgIpc) is 3.11. The molecule has 0 aliphatic heterocycles. The van der Waals surface area contributed by atoms with Crippen molar-refractivity contribution in [3.63, 3.8) is 0 Å². The van der Waals surface area contributed by atoms with Crippen molar-refractivity contribution in [2.75, 3.05) is 18.5 Å². The van der Waals surface area contributed by atoms with Crippen LogP contribution in [0.2, 0.25) is 0 Å². The highest BCUT2D eigenvalue weighted by Crippen LogP contribution is 2.48. The normalized spacial score (nSPS) is 30.8. The summed E-state index contributed by atoms with van der Waals surface area (Å²) in [4.78, 5) is 6.97. The molecule has 0 amide bonds. The zero-order valence-electron chi connectivity index (χ0n) is 13.1. The van der Waals surface area contributed by atoms with Crippen molar-refractivity contribution in [3.05, 3.63) is 23.9 Å². The molecule has 2 bridgehead atoms. The number of nitrogens with one attached hydrogen (secondary N) is 1. The molecule has 4 rings (SSSR count). The molecular weight excluding hydrogens is 258 g/mol. The van der Waals surface area contributed by atoms with Crippen LogP contribution in [0.1, 0.15) is 44.1 Å². The SMILES string of the molecule is CN(CC1CC2CCC1C2)c1cc(CNC2CC2)ccn1. The van der Waals surface area contributed by atoms with Crippen LogP contribution in [0.5, 0.6) is 0 Å². The molecule has 1 heterocycles. The van der Waals surface area contributed by atoms with E-state index < -0.39 is 0 Å². The fourth-order valence-electron chi connectivity index (χ4n) is 4.37. The average molecular weight is 285 g/mol. The van der Waals surface area contributed by atoms with Crippen LogP contribution in [0.3, 0.4) is 0 Å². The summed E-state index contributed by atoms with van der Waals surface area (Å²) in [5.41, 5.74) is 1.37. The van der Waals surface area contributed by atoms with Crippen molar-refractivity contribution in [3.8, 4) is 0 Å². The van der Waals surface area contributed by atoms with Crippen LogP contribution in [0.15, 0.2) is 18.3 Å². The Morgan fingerprint density at radius 1 is 1.24 bits per heavy atom. The molecule has 0 saturated heterocycles. The largest absolute Gasteiger partial charge is 0.359 e. The first-order valence-electron chi connectivity index (χ1n) is 8.67. The predicted molar refractivity (Wildman–Crippen MR) is 86.3 cm³/mol. The van der Waals surface area contributed by atoms with Crippen LogP contribution in [-0.4, -0.2) is 24.6 Å². The molecule has 3 aliphatic rings. The van der Waals surface area contributed by atoms with Crippen LogP contribution >= 0.6 is 0 Å². The molecule has 1 aromatic rings. The van der Waals surface area contributed by atoms with Gasteiger partial charge in [-0.05, 0) is 67.6 Å². The van der Waals surface area contributed by atoms with E-state index in [1.165, 1.54) is 50.6 Å². The number of rotatable bonds is 6. The summed E-state index contributed by atoms with van der Waals surface area (Å²) < 4.78 is 0. The Hall–Kier alpha value is -1.09. The second-order valence-electron chi connectivity index (χ2n) is 7.49. The summed E-state index contributed by atoms with van der Waals surface area (Å²) in [6.45, 7) is 2.18. The van der Waals surface area contributed by atoms with Gasteiger partial charge in [0.05, 0.1) is 0 Å². The number of hydrogen-bond donors (Lipinski definition) is 1. The topological polar surface area (TPSA) is 28.2 Å². The van der Waals surface area contributed by atoms with Gasteiger partial charge in [0.15, 0.2) is 0 Å². The van der Waals surface area contributed by atoms with Gasteiger partial charge in [0, 0.05) is 32.4 Å². The lowest BCUT2D eigenvalue weighted by Gasteiger charge is -2.28. The third kappa shape index (κ3) is 3.08. The number of anilines is 1. The van der Waals surface area contributed by atoms with E-state index in [2.05, 4.69) is 34.4 Å². The van der Waals surface area contributed by atoms with Gasteiger partial charge in [-0.2, -0.15) is 0 Å². The van der Waals surface area contributed by atoms with Crippen molar-refractivity contribution in [1.82, 2.24) is 10.3 Å². The zero-order valence-corrected chi connectivity index (χ0v) is 13.1. The monoisotopic (exact) mass is 285 g/mol. The second kappa shape index (κ2) is 5.60. The van der Waals surface area contributed by atoms with Gasteiger partial charge in [0.2, 0.25) is 0 Å². The van der Waals surface area contributed by atoms with Crippen LogP contribution in [0, 0.1) is 17.8 Å². The van der Waals surface area contributed by atoms with Gasteiger partial charge in [-0.3, -0.25) is 0 Å². The standard InChI is InChI=1S/C18H27N3/c1-21(12-16-9-13-2-3-15(16)8-13)18-10-14(6-7-19-18)11-20-17-4-5-17/h6-7,10,13,15-17,20H,2-5,8-9,11-12H2,1H3. The lowest BCUT2D eigenvalue weighted by atomic mass is 9.88. The van der Waals surface area contributed by atoms with E-state index in [0.717, 1.165) is 36.2 Å². The summed E-state index contributed by atoms with van der Waals surface area (Å²) in [6, 6.07) is 5.18. The minimum absolute atomic E-state index is 0.772. The maximum absolute atomic E-state index is 4.58. The maximum atomic E-state index is 4.58. The molecule has 3 nitrogen and oxygen atoms in total. The van der Waals surface area contributed by atoms with E-state index in [-0.39, 0.29) is 0 Å². The molecule has 3 unspecified atom stereocenters. The number of fused-ring (bicyclic) bond motifs is 2. The van der Waals surface area contributed by atoms with Crippen molar-refractivity contribution in [2.24, 2.45) is 17.8 Å². The lowest BCUT2D eigenvalue weighted by Crippen LogP contribution is -2.29. The van der Waals surface area contributed by atoms with Gasteiger partial charge in [-0.1, -0.05) is 6.42 Å². The fourth-order valence-corrected chi connectivity index (χ4v) is 4.37. The fraction of sp³-hybridized carbons (Fsp3) is 0.722. The highest BCUT2D eigenvalue weighted by atomic mass is 15.2. The van der Waals surface area contributed by atoms with Gasteiger partial charge in [0.25, 0.3) is 0 Å². The Morgan fingerprint density at radius 3 is 2.86 bits per heavy atom. The molecule has 21 heavy (non-hydrogen) atoms. The van der Waals surface area contributed by atoms with Crippen LogP contribution < -0.4 is 10.2 Å². The maximum Gasteiger partial charge on any atom is 0.128 e. The van der Waals surface area contributed by atoms with Crippen molar-refractivity contribution < 1.29 is 0 Å². The summed E-state index contributed by atoms with van der Waals surface area (Å²) in [5, 5.41) is 3.59. The number of hydrogen-bond acceptors (Lipinski definition) is 3. The molecule has 0 radical (unpaired) electrons. The third-order valence-electron chi connectivity index (χ3n) is 5.77. The first-order chi connectivity index (χ1) is 10.3. The van der Waals surface area contributed by atoms with E-state index in [4.69, 9.17) is 0 Å². The van der Waals surface area contributed by atoms with E-state index in [1.54, 1.807) is 0 Å². The lowest BCUT2D eigenvalue weighted by molar-refractivity contribution is 0.337. The molecule has 3 saturated carbocycles. The van der Waals surface area contributed by atoms with Gasteiger partial charge >= 0.3 is 0 Å². The molecule has 3 aliphatic carbocycles. The van der Waals surface area contributed by atoms with Gasteiger partial charge in [-0.15, -0.1) is 0 Å². The number of nitrogens with zero attached hydrogens (tertiary/aromatic N) is 2. The predicted octanol–water partition coefficient (Wildman–Crippen LogP) is 3.21. The Kier molecular flexibility index (Phi) is 3.62. The number of pyridine rings is 1. The Balaban J connectivity index is 1.36. The Labute approximate surface area is 128 Å². The molecular formula is C18H27N3. The number of aromatic nitrogens is 1. The molecule has 114 valence electrons. The van der Waals surface area contributed by atoms with E-state index in [1.807, 2.05) is 6.20 Å². The van der Waals surface area contributed by atoms with Gasteiger partial charge in [0.1, 0.15) is 5.82 Å². The quantitative estimate of drug-likeness (QED) is 0.870. The van der Waals surface area contributed by atoms with Crippen molar-refractivity contribution >= 4 is 5.82 Å². The van der Waals surface area contributed by atoms with Crippen LogP contribution in [0.25, 0.3) is 0 Å². The van der Waals surface area contributed by atoms with Crippen LogP contribution in [0.4, 0.5) is 5.82 Å². The molecule has 3 atom stereocenters. The third-order valence-corrected chi connectivity index (χ3v) is 5.77. The van der Waals surface area contributed by atoms with E-state index in [9.17, 15) is 0 Å². The smallest absolute Gasteiger partial charge is 0.128 e. The van der Waals surface area contributed by atoms with Gasteiger partial charge < -0.3 is 10.2 Å². The molecule has 0 aromatic carbocycles. The summed E-state index contributed by atoms with van der Waals surface area (Å²) in [6.07, 6.45) is 10.6. The highest BCUT2D eigenvalue weighted by Gasteiger charge is 2.39. The van der Waals surface area contributed by atoms with Crippen molar-refractivity contribution in [2.45, 2.75) is 51.1 Å².